The number of hydrazine groups is 1. The maximum Gasteiger partial charge on any atom is 0.269 e. The third kappa shape index (κ3) is 5.27. The molecule has 1 aliphatic heterocycles. The highest BCUT2D eigenvalue weighted by atomic mass is 32.2. The van der Waals surface area contributed by atoms with Gasteiger partial charge >= 0.3 is 0 Å². The van der Waals surface area contributed by atoms with Crippen LogP contribution in [0.4, 0.5) is 4.39 Å². The molecule has 1 saturated heterocycles. The van der Waals surface area contributed by atoms with Crippen molar-refractivity contribution in [3.05, 3.63) is 76.4 Å². The van der Waals surface area contributed by atoms with Gasteiger partial charge in [-0.2, -0.15) is 0 Å². The van der Waals surface area contributed by atoms with Gasteiger partial charge in [0.1, 0.15) is 10.1 Å². The molecule has 0 atom stereocenters. The van der Waals surface area contributed by atoms with Gasteiger partial charge in [-0.3, -0.25) is 30.1 Å². The maximum absolute atomic E-state index is 13.8. The molecule has 1 aliphatic rings. The van der Waals surface area contributed by atoms with Crippen LogP contribution in [0.3, 0.4) is 0 Å². The predicted molar refractivity (Wildman–Crippen MR) is 113 cm³/mol. The van der Waals surface area contributed by atoms with Crippen molar-refractivity contribution in [2.45, 2.75) is 6.42 Å². The first kappa shape index (κ1) is 20.7. The number of carbonyl (C=O) groups excluding carboxylic acids is 3. The first-order valence-corrected chi connectivity index (χ1v) is 9.82. The standard InChI is InChI=1S/C20H16FN3O3S2/c21-15-9-5-4-8-14(15)12-16-19(27)24(20(28)29-16)11-10-17(25)22-23-18(26)13-6-2-1-3-7-13/h1-9,12H,10-11H2,(H,22,25)(H,23,26). The Bertz CT molecular complexity index is 995. The molecule has 3 rings (SSSR count). The van der Waals surface area contributed by atoms with Crippen LogP contribution in [0, 0.1) is 5.82 Å². The largest absolute Gasteiger partial charge is 0.292 e. The average Bonchev–Trinajstić information content (AvgIpc) is 2.99. The van der Waals surface area contributed by atoms with Gasteiger partial charge in [-0.25, -0.2) is 4.39 Å². The summed E-state index contributed by atoms with van der Waals surface area (Å²) in [6, 6.07) is 14.5. The lowest BCUT2D eigenvalue weighted by atomic mass is 10.2. The molecule has 2 aromatic carbocycles. The van der Waals surface area contributed by atoms with Crippen LogP contribution in [0.5, 0.6) is 0 Å². The molecule has 0 radical (unpaired) electrons. The summed E-state index contributed by atoms with van der Waals surface area (Å²) in [5.41, 5.74) is 5.31. The number of nitrogens with zero attached hydrogens (tertiary/aromatic N) is 1. The zero-order valence-corrected chi connectivity index (χ0v) is 16.7. The molecular formula is C20H16FN3O3S2. The van der Waals surface area contributed by atoms with Crippen molar-refractivity contribution >= 4 is 52.1 Å². The number of thiocarbonyl (C=S) groups is 1. The molecule has 2 aromatic rings. The van der Waals surface area contributed by atoms with Crippen LogP contribution in [-0.4, -0.2) is 33.5 Å². The molecule has 9 heteroatoms. The number of thioether (sulfide) groups is 1. The Morgan fingerprint density at radius 2 is 1.76 bits per heavy atom. The average molecular weight is 429 g/mol. The third-order valence-electron chi connectivity index (χ3n) is 3.98. The number of amides is 3. The number of benzene rings is 2. The number of hydrogen-bond acceptors (Lipinski definition) is 5. The first-order chi connectivity index (χ1) is 14.0. The van der Waals surface area contributed by atoms with Crippen molar-refractivity contribution in [3.8, 4) is 0 Å². The van der Waals surface area contributed by atoms with Crippen LogP contribution in [0.1, 0.15) is 22.3 Å². The maximum atomic E-state index is 13.8. The van der Waals surface area contributed by atoms with Crippen molar-refractivity contribution < 1.29 is 18.8 Å². The molecule has 3 amide bonds. The molecule has 0 unspecified atom stereocenters. The Morgan fingerprint density at radius 1 is 1.07 bits per heavy atom. The van der Waals surface area contributed by atoms with E-state index in [0.717, 1.165) is 11.8 Å². The van der Waals surface area contributed by atoms with Crippen LogP contribution in [0.25, 0.3) is 6.08 Å². The van der Waals surface area contributed by atoms with Crippen molar-refractivity contribution in [2.75, 3.05) is 6.54 Å². The highest BCUT2D eigenvalue weighted by Gasteiger charge is 2.32. The number of carbonyl (C=O) groups is 3. The molecule has 6 nitrogen and oxygen atoms in total. The summed E-state index contributed by atoms with van der Waals surface area (Å²) in [4.78, 5) is 38.0. The molecule has 2 N–H and O–H groups in total. The second kappa shape index (κ2) is 9.44. The van der Waals surface area contributed by atoms with E-state index < -0.39 is 17.6 Å². The van der Waals surface area contributed by atoms with Crippen molar-refractivity contribution in [2.24, 2.45) is 0 Å². The van der Waals surface area contributed by atoms with E-state index >= 15 is 0 Å². The third-order valence-corrected chi connectivity index (χ3v) is 5.36. The molecule has 0 bridgehead atoms. The van der Waals surface area contributed by atoms with Gasteiger partial charge in [-0.15, -0.1) is 0 Å². The first-order valence-electron chi connectivity index (χ1n) is 8.60. The van der Waals surface area contributed by atoms with E-state index in [1.807, 2.05) is 0 Å². The summed E-state index contributed by atoms with van der Waals surface area (Å²) < 4.78 is 14.1. The second-order valence-electron chi connectivity index (χ2n) is 5.97. The molecule has 0 saturated carbocycles. The van der Waals surface area contributed by atoms with Gasteiger partial charge in [0.05, 0.1) is 4.91 Å². The number of hydrogen-bond donors (Lipinski definition) is 2. The van der Waals surface area contributed by atoms with E-state index in [1.165, 1.54) is 17.0 Å². The van der Waals surface area contributed by atoms with E-state index in [4.69, 9.17) is 12.2 Å². The second-order valence-corrected chi connectivity index (χ2v) is 7.65. The molecular weight excluding hydrogens is 413 g/mol. The Balaban J connectivity index is 1.53. The quantitative estimate of drug-likeness (QED) is 0.434. The number of halogens is 1. The van der Waals surface area contributed by atoms with Crippen molar-refractivity contribution in [3.63, 3.8) is 0 Å². The van der Waals surface area contributed by atoms with Crippen LogP contribution in [-0.2, 0) is 9.59 Å². The fourth-order valence-corrected chi connectivity index (χ4v) is 3.79. The molecule has 148 valence electrons. The lowest BCUT2D eigenvalue weighted by molar-refractivity contribution is -0.124. The topological polar surface area (TPSA) is 78.5 Å². The molecule has 0 spiro atoms. The summed E-state index contributed by atoms with van der Waals surface area (Å²) in [5, 5.41) is 0. The van der Waals surface area contributed by atoms with E-state index in [9.17, 15) is 18.8 Å². The van der Waals surface area contributed by atoms with Gasteiger partial charge in [0, 0.05) is 24.1 Å². The molecule has 1 heterocycles. The minimum atomic E-state index is -0.471. The van der Waals surface area contributed by atoms with Crippen LogP contribution in [0.2, 0.25) is 0 Å². The Kier molecular flexibility index (Phi) is 6.73. The predicted octanol–water partition coefficient (Wildman–Crippen LogP) is 2.88. The molecule has 29 heavy (non-hydrogen) atoms. The summed E-state index contributed by atoms with van der Waals surface area (Å²) in [6.07, 6.45) is 1.38. The zero-order valence-electron chi connectivity index (χ0n) is 15.1. The summed E-state index contributed by atoms with van der Waals surface area (Å²) in [5.74, 6) is -1.74. The van der Waals surface area contributed by atoms with Crippen LogP contribution < -0.4 is 10.9 Å². The van der Waals surface area contributed by atoms with Gasteiger partial charge in [-0.1, -0.05) is 60.4 Å². The summed E-state index contributed by atoms with van der Waals surface area (Å²) in [6.45, 7) is 0.0479. The molecule has 0 aliphatic carbocycles. The lowest BCUT2D eigenvalue weighted by Gasteiger charge is -2.14. The van der Waals surface area contributed by atoms with Gasteiger partial charge in [0.25, 0.3) is 11.8 Å². The zero-order chi connectivity index (χ0) is 20.8. The monoisotopic (exact) mass is 429 g/mol. The number of rotatable bonds is 5. The van der Waals surface area contributed by atoms with E-state index in [2.05, 4.69) is 10.9 Å². The minimum absolute atomic E-state index is 0.0479. The Hall–Kier alpha value is -3.04. The SMILES string of the molecule is O=C(CCN1C(=O)C(=Cc2ccccc2F)SC1=S)NNC(=O)c1ccccc1. The Morgan fingerprint density at radius 3 is 2.48 bits per heavy atom. The van der Waals surface area contributed by atoms with E-state index in [-0.39, 0.29) is 29.3 Å². The lowest BCUT2D eigenvalue weighted by Crippen LogP contribution is -2.43. The summed E-state index contributed by atoms with van der Waals surface area (Å²) in [7, 11) is 0. The normalized spacial score (nSPS) is 14.9. The highest BCUT2D eigenvalue weighted by Crippen LogP contribution is 2.32. The minimum Gasteiger partial charge on any atom is -0.292 e. The van der Waals surface area contributed by atoms with Gasteiger partial charge in [0.15, 0.2) is 0 Å². The number of nitrogens with one attached hydrogen (secondary N) is 2. The van der Waals surface area contributed by atoms with Gasteiger partial charge < -0.3 is 0 Å². The smallest absolute Gasteiger partial charge is 0.269 e. The van der Waals surface area contributed by atoms with Crippen LogP contribution in [0.15, 0.2) is 59.5 Å². The van der Waals surface area contributed by atoms with Crippen molar-refractivity contribution in [1.29, 1.82) is 0 Å². The van der Waals surface area contributed by atoms with Gasteiger partial charge in [-0.05, 0) is 24.3 Å². The van der Waals surface area contributed by atoms with Gasteiger partial charge in [0.2, 0.25) is 5.91 Å². The molecule has 0 aromatic heterocycles. The molecule has 1 fully saturated rings. The van der Waals surface area contributed by atoms with Crippen molar-refractivity contribution in [1.82, 2.24) is 15.8 Å². The summed E-state index contributed by atoms with van der Waals surface area (Å²) >= 11 is 6.25. The Labute approximate surface area is 176 Å². The van der Waals surface area contributed by atoms with E-state index in [1.54, 1.807) is 48.5 Å². The fourth-order valence-electron chi connectivity index (χ4n) is 2.49. The highest BCUT2D eigenvalue weighted by molar-refractivity contribution is 8.26. The van der Waals surface area contributed by atoms with E-state index in [0.29, 0.717) is 9.88 Å². The fraction of sp³-hybridized carbons (Fsp3) is 0.100. The van der Waals surface area contributed by atoms with Crippen LogP contribution >= 0.6 is 24.0 Å².